The second-order valence-corrected chi connectivity index (χ2v) is 14.4. The molecule has 320 valence electrons. The van der Waals surface area contributed by atoms with Crippen LogP contribution < -0.4 is 42.6 Å². The van der Waals surface area contributed by atoms with Gasteiger partial charge in [-0.3, -0.25) is 19.4 Å². The first kappa shape index (κ1) is 45.2. The Bertz CT molecular complexity index is 2310. The van der Waals surface area contributed by atoms with Crippen LogP contribution in [0.1, 0.15) is 37.7 Å². The van der Waals surface area contributed by atoms with Crippen molar-refractivity contribution in [1.29, 1.82) is 0 Å². The van der Waals surface area contributed by atoms with E-state index in [1.165, 1.54) is 7.11 Å². The average molecular weight is 830 g/mol. The molecule has 3 atom stereocenters. The Labute approximate surface area is 355 Å². The standard InChI is InChI=1S/C47H55N7O7/c1-3-28-60-39-24-22-32-16-7-9-18-34(32)42(39)43-35-19-10-8-17-33(35)23-25-40(43)61-30-41(55)52-36(20-11-12-26-48)44(56)53-37(21-13-27-51-47(49)50)45(57)54-38(46(58)59-2)29-31-14-5-4-6-15-31/h3-10,14-19,22-25,36-38H,1,11-13,20-21,26-30,48H2,2H3,(H,52,55)(H,53,56)(H,54,57)(H4,49,50,51)/t36-,37-,38+/m1/s1. The molecule has 5 rings (SSSR count). The van der Waals surface area contributed by atoms with Gasteiger partial charge < -0.3 is 47.4 Å². The molecule has 0 spiro atoms. The molecule has 0 aliphatic rings. The zero-order valence-electron chi connectivity index (χ0n) is 34.4. The Balaban J connectivity index is 1.38. The number of fused-ring (bicyclic) bond motifs is 2. The number of guanidine groups is 1. The highest BCUT2D eigenvalue weighted by Gasteiger charge is 2.30. The fourth-order valence-corrected chi connectivity index (χ4v) is 7.05. The number of ether oxygens (including phenoxy) is 3. The topological polar surface area (TPSA) is 222 Å². The maximum Gasteiger partial charge on any atom is 0.328 e. The van der Waals surface area contributed by atoms with Gasteiger partial charge >= 0.3 is 5.97 Å². The van der Waals surface area contributed by atoms with Gasteiger partial charge in [-0.2, -0.15) is 0 Å². The summed E-state index contributed by atoms with van der Waals surface area (Å²) >= 11 is 0. The summed E-state index contributed by atoms with van der Waals surface area (Å²) in [7, 11) is 1.24. The van der Waals surface area contributed by atoms with Gasteiger partial charge in [0.05, 0.1) is 7.11 Å². The van der Waals surface area contributed by atoms with Crippen LogP contribution in [0.3, 0.4) is 0 Å². The van der Waals surface area contributed by atoms with Crippen molar-refractivity contribution < 1.29 is 33.4 Å². The first-order chi connectivity index (χ1) is 29.6. The number of rotatable bonds is 23. The molecule has 0 saturated carbocycles. The molecule has 14 heteroatoms. The number of hydrogen-bond acceptors (Lipinski definition) is 9. The van der Waals surface area contributed by atoms with Crippen LogP contribution in [-0.2, 0) is 30.3 Å². The van der Waals surface area contributed by atoms with Gasteiger partial charge in [0.15, 0.2) is 12.6 Å². The number of aliphatic imine (C=N–C) groups is 1. The number of esters is 1. The van der Waals surface area contributed by atoms with Crippen LogP contribution in [0.2, 0.25) is 0 Å². The van der Waals surface area contributed by atoms with E-state index in [0.29, 0.717) is 37.3 Å². The minimum Gasteiger partial charge on any atom is -0.489 e. The average Bonchev–Trinajstić information content (AvgIpc) is 3.27. The summed E-state index contributed by atoms with van der Waals surface area (Å²) in [5, 5.41) is 12.2. The lowest BCUT2D eigenvalue weighted by Gasteiger charge is -2.25. The number of nitrogens with one attached hydrogen (secondary N) is 3. The van der Waals surface area contributed by atoms with E-state index in [1.807, 2.05) is 103 Å². The SMILES string of the molecule is C=CCOc1ccc2ccccc2c1-c1c(OCC(=O)N[C@H](CCCCN)C(=O)N[C@H](CCCN=C(N)N)C(=O)N[C@@H](Cc2ccccc2)C(=O)OC)ccc2ccccc12. The van der Waals surface area contributed by atoms with E-state index in [0.717, 1.165) is 38.2 Å². The van der Waals surface area contributed by atoms with E-state index in [4.69, 9.17) is 31.4 Å². The molecule has 9 N–H and O–H groups in total. The van der Waals surface area contributed by atoms with Gasteiger partial charge in [-0.1, -0.05) is 104 Å². The number of carbonyl (C=O) groups excluding carboxylic acids is 4. The number of nitrogens with zero attached hydrogens (tertiary/aromatic N) is 1. The minimum atomic E-state index is -1.12. The lowest BCUT2D eigenvalue weighted by molar-refractivity contribution is -0.145. The van der Waals surface area contributed by atoms with Gasteiger partial charge in [-0.05, 0) is 77.9 Å². The van der Waals surface area contributed by atoms with Gasteiger partial charge in [0.25, 0.3) is 5.91 Å². The summed E-state index contributed by atoms with van der Waals surface area (Å²) in [6, 6.07) is 29.4. The summed E-state index contributed by atoms with van der Waals surface area (Å²) in [4.78, 5) is 58.5. The molecule has 0 heterocycles. The van der Waals surface area contributed by atoms with Crippen LogP contribution in [0.5, 0.6) is 11.5 Å². The van der Waals surface area contributed by atoms with E-state index in [2.05, 4.69) is 27.5 Å². The Morgan fingerprint density at radius 3 is 1.84 bits per heavy atom. The number of nitrogens with two attached hydrogens (primary N) is 3. The molecule has 0 unspecified atom stereocenters. The zero-order chi connectivity index (χ0) is 43.6. The molecule has 0 aromatic heterocycles. The molecule has 0 aliphatic carbocycles. The Morgan fingerprint density at radius 1 is 0.689 bits per heavy atom. The van der Waals surface area contributed by atoms with Gasteiger partial charge in [0.2, 0.25) is 11.8 Å². The first-order valence-electron chi connectivity index (χ1n) is 20.3. The molecule has 3 amide bonds. The predicted molar refractivity (Wildman–Crippen MR) is 239 cm³/mol. The number of carbonyl (C=O) groups is 4. The Kier molecular flexibility index (Phi) is 17.0. The van der Waals surface area contributed by atoms with Crippen LogP contribution in [0, 0.1) is 0 Å². The lowest BCUT2D eigenvalue weighted by Crippen LogP contribution is -2.56. The molecule has 14 nitrogen and oxygen atoms in total. The highest BCUT2D eigenvalue weighted by atomic mass is 16.5. The highest BCUT2D eigenvalue weighted by molar-refractivity contribution is 6.10. The van der Waals surface area contributed by atoms with Crippen molar-refractivity contribution in [2.24, 2.45) is 22.2 Å². The van der Waals surface area contributed by atoms with Crippen molar-refractivity contribution in [2.75, 3.05) is 33.4 Å². The number of hydrogen-bond donors (Lipinski definition) is 6. The van der Waals surface area contributed by atoms with Gasteiger partial charge in [0, 0.05) is 24.1 Å². The molecule has 5 aromatic carbocycles. The quantitative estimate of drug-likeness (QED) is 0.0176. The number of unbranched alkanes of at least 4 members (excludes halogenated alkanes) is 1. The Morgan fingerprint density at radius 2 is 1.25 bits per heavy atom. The van der Waals surface area contributed by atoms with Crippen molar-refractivity contribution >= 4 is 51.2 Å². The van der Waals surface area contributed by atoms with Crippen molar-refractivity contribution in [3.05, 3.63) is 121 Å². The molecule has 0 fully saturated rings. The van der Waals surface area contributed by atoms with Crippen LogP contribution in [0.25, 0.3) is 32.7 Å². The highest BCUT2D eigenvalue weighted by Crippen LogP contribution is 2.45. The van der Waals surface area contributed by atoms with Crippen molar-refractivity contribution in [1.82, 2.24) is 16.0 Å². The van der Waals surface area contributed by atoms with Gasteiger partial charge in [0.1, 0.15) is 36.2 Å². The zero-order valence-corrected chi connectivity index (χ0v) is 34.4. The normalized spacial score (nSPS) is 12.4. The van der Waals surface area contributed by atoms with Crippen molar-refractivity contribution in [2.45, 2.75) is 56.7 Å². The van der Waals surface area contributed by atoms with Crippen LogP contribution >= 0.6 is 0 Å². The lowest BCUT2D eigenvalue weighted by atomic mass is 9.92. The van der Waals surface area contributed by atoms with E-state index in [1.54, 1.807) is 6.08 Å². The van der Waals surface area contributed by atoms with Gasteiger partial charge in [-0.15, -0.1) is 0 Å². The monoisotopic (exact) mass is 829 g/mol. The number of benzene rings is 5. The Hall–Kier alpha value is -6.93. The van der Waals surface area contributed by atoms with E-state index < -0.39 is 48.4 Å². The van der Waals surface area contributed by atoms with Crippen LogP contribution in [0.4, 0.5) is 0 Å². The molecule has 0 radical (unpaired) electrons. The molecule has 0 bridgehead atoms. The van der Waals surface area contributed by atoms with Gasteiger partial charge in [-0.25, -0.2) is 4.79 Å². The summed E-state index contributed by atoms with van der Waals surface area (Å²) in [6.45, 7) is 4.25. The second-order valence-electron chi connectivity index (χ2n) is 14.4. The van der Waals surface area contributed by atoms with Crippen LogP contribution in [-0.4, -0.2) is 81.2 Å². The maximum absolute atomic E-state index is 14.0. The predicted octanol–water partition coefficient (Wildman–Crippen LogP) is 4.66. The molecular weight excluding hydrogens is 775 g/mol. The molecule has 0 saturated heterocycles. The van der Waals surface area contributed by atoms with E-state index in [9.17, 15) is 19.2 Å². The van der Waals surface area contributed by atoms with Crippen molar-refractivity contribution in [3.63, 3.8) is 0 Å². The summed E-state index contributed by atoms with van der Waals surface area (Å²) in [5.74, 6) is -1.48. The minimum absolute atomic E-state index is 0.113. The fourth-order valence-electron chi connectivity index (χ4n) is 7.05. The first-order valence-corrected chi connectivity index (χ1v) is 20.3. The molecule has 5 aromatic rings. The van der Waals surface area contributed by atoms with E-state index >= 15 is 0 Å². The summed E-state index contributed by atoms with van der Waals surface area (Å²) in [5.41, 5.74) is 19.1. The molecular formula is C47H55N7O7. The third-order valence-corrected chi connectivity index (χ3v) is 10.0. The number of amides is 3. The van der Waals surface area contributed by atoms with Crippen molar-refractivity contribution in [3.8, 4) is 22.6 Å². The second kappa shape index (κ2) is 23.0. The number of methoxy groups -OCH3 is 1. The largest absolute Gasteiger partial charge is 0.489 e. The molecule has 61 heavy (non-hydrogen) atoms. The third-order valence-electron chi connectivity index (χ3n) is 10.0. The summed E-state index contributed by atoms with van der Waals surface area (Å²) < 4.78 is 17.5. The fraction of sp³-hybridized carbons (Fsp3) is 0.298. The van der Waals surface area contributed by atoms with Crippen LogP contribution in [0.15, 0.2) is 121 Å². The smallest absolute Gasteiger partial charge is 0.328 e. The van der Waals surface area contributed by atoms with E-state index in [-0.39, 0.29) is 38.4 Å². The summed E-state index contributed by atoms with van der Waals surface area (Å²) in [6.07, 6.45) is 3.63. The third kappa shape index (κ3) is 12.8. The maximum atomic E-state index is 14.0. The molecule has 0 aliphatic heterocycles.